The number of ether oxygens (including phenoxy) is 1. The van der Waals surface area contributed by atoms with Gasteiger partial charge >= 0.3 is 6.18 Å². The van der Waals surface area contributed by atoms with Crippen molar-refractivity contribution in [2.75, 3.05) is 6.61 Å². The van der Waals surface area contributed by atoms with Gasteiger partial charge in [-0.3, -0.25) is 0 Å². The third kappa shape index (κ3) is 6.68. The first-order chi connectivity index (χ1) is 17.6. The monoisotopic (exact) mass is 516 g/mol. The fourth-order valence-electron chi connectivity index (χ4n) is 4.86. The zero-order valence-corrected chi connectivity index (χ0v) is 20.1. The molecule has 4 rings (SSSR count). The van der Waals surface area contributed by atoms with E-state index in [1.165, 1.54) is 30.9 Å². The first-order valence-electron chi connectivity index (χ1n) is 12.2. The maximum absolute atomic E-state index is 15.2. The zero-order valence-electron chi connectivity index (χ0n) is 20.1. The van der Waals surface area contributed by atoms with Gasteiger partial charge in [0.05, 0.1) is 5.56 Å². The molecule has 0 atom stereocenters. The second-order valence-electron chi connectivity index (χ2n) is 9.41. The maximum atomic E-state index is 15.2. The Bertz CT molecular complexity index is 1320. The molecule has 0 saturated heterocycles. The van der Waals surface area contributed by atoms with Crippen LogP contribution < -0.4 is 4.74 Å². The van der Waals surface area contributed by atoms with Crippen molar-refractivity contribution < 1.29 is 31.1 Å². The Labute approximate surface area is 212 Å². The molecule has 0 aliphatic heterocycles. The second-order valence-corrected chi connectivity index (χ2v) is 9.41. The summed E-state index contributed by atoms with van der Waals surface area (Å²) < 4.78 is 84.4. The molecule has 0 spiro atoms. The summed E-state index contributed by atoms with van der Waals surface area (Å²) >= 11 is 0. The molecule has 0 amide bonds. The number of fused-ring (bicyclic) bond motifs is 1. The molecule has 194 valence electrons. The molecule has 1 saturated carbocycles. The molecular weight excluding hydrogens is 490 g/mol. The number of halogens is 6. The van der Waals surface area contributed by atoms with Crippen LogP contribution in [0.25, 0.3) is 10.8 Å². The molecule has 0 aromatic heterocycles. The van der Waals surface area contributed by atoms with Crippen LogP contribution in [-0.2, 0) is 0 Å². The van der Waals surface area contributed by atoms with Gasteiger partial charge in [0.1, 0.15) is 5.82 Å². The predicted molar refractivity (Wildman–Crippen MR) is 132 cm³/mol. The highest BCUT2D eigenvalue weighted by Crippen LogP contribution is 2.38. The highest BCUT2D eigenvalue weighted by molar-refractivity contribution is 5.85. The van der Waals surface area contributed by atoms with E-state index in [-0.39, 0.29) is 11.1 Å². The number of allylic oxidation sites excluding steroid dienone is 1. The van der Waals surface area contributed by atoms with E-state index in [1.54, 1.807) is 12.1 Å². The first-order valence-corrected chi connectivity index (χ1v) is 12.2. The van der Waals surface area contributed by atoms with Crippen molar-refractivity contribution >= 4 is 10.8 Å². The van der Waals surface area contributed by atoms with Crippen molar-refractivity contribution in [3.63, 3.8) is 0 Å². The van der Waals surface area contributed by atoms with Crippen LogP contribution in [0.2, 0.25) is 0 Å². The second kappa shape index (κ2) is 11.3. The molecule has 1 nitrogen and oxygen atoms in total. The van der Waals surface area contributed by atoms with E-state index in [9.17, 15) is 22.0 Å². The van der Waals surface area contributed by atoms with Crippen LogP contribution in [0.15, 0.2) is 55.1 Å². The van der Waals surface area contributed by atoms with Crippen LogP contribution >= 0.6 is 0 Å². The summed E-state index contributed by atoms with van der Waals surface area (Å²) in [5.74, 6) is 1.89. The molecule has 0 unspecified atom stereocenters. The van der Waals surface area contributed by atoms with Crippen molar-refractivity contribution in [3.05, 3.63) is 89.3 Å². The van der Waals surface area contributed by atoms with Gasteiger partial charge in [-0.15, -0.1) is 6.58 Å². The molecule has 0 N–H and O–H groups in total. The summed E-state index contributed by atoms with van der Waals surface area (Å²) in [6.45, 7) is 1.97. The fourth-order valence-corrected chi connectivity index (χ4v) is 4.86. The predicted octanol–water partition coefficient (Wildman–Crippen LogP) is 8.84. The molecule has 0 heterocycles. The lowest BCUT2D eigenvalue weighted by molar-refractivity contribution is -0.154. The summed E-state index contributed by atoms with van der Waals surface area (Å²) in [7, 11) is 0. The topological polar surface area (TPSA) is 9.23 Å². The van der Waals surface area contributed by atoms with Gasteiger partial charge in [0, 0.05) is 10.9 Å². The minimum absolute atomic E-state index is 0.0428. The van der Waals surface area contributed by atoms with E-state index >= 15 is 4.39 Å². The van der Waals surface area contributed by atoms with E-state index in [0.29, 0.717) is 11.3 Å². The molecule has 1 fully saturated rings. The summed E-state index contributed by atoms with van der Waals surface area (Å²) in [5, 5.41) is 1.14. The lowest BCUT2D eigenvalue weighted by Crippen LogP contribution is -2.20. The standard InChI is InChI=1S/C30H26F6O/c1-2-3-4-19-5-8-21(9-6-19)23-13-14-25-24(17-23)12-11-22(28(25)33)10-7-20-15-26(31)29(27(32)16-20)37-18-30(34,35)36/h2,11-17,19,21H,1,3-6,8-9,18H2. The third-order valence-corrected chi connectivity index (χ3v) is 6.80. The molecule has 37 heavy (non-hydrogen) atoms. The quantitative estimate of drug-likeness (QED) is 0.181. The lowest BCUT2D eigenvalue weighted by Gasteiger charge is -2.28. The number of rotatable bonds is 6. The summed E-state index contributed by atoms with van der Waals surface area (Å²) in [6, 6.07) is 10.5. The van der Waals surface area contributed by atoms with E-state index in [4.69, 9.17) is 0 Å². The summed E-state index contributed by atoms with van der Waals surface area (Å²) in [4.78, 5) is 0. The van der Waals surface area contributed by atoms with Gasteiger partial charge < -0.3 is 4.74 Å². The van der Waals surface area contributed by atoms with E-state index in [1.807, 2.05) is 18.2 Å². The van der Waals surface area contributed by atoms with E-state index < -0.39 is 36.0 Å². The average molecular weight is 517 g/mol. The van der Waals surface area contributed by atoms with Gasteiger partial charge in [-0.25, -0.2) is 13.2 Å². The molecule has 1 aliphatic carbocycles. The van der Waals surface area contributed by atoms with Gasteiger partial charge in [0.2, 0.25) is 0 Å². The average Bonchev–Trinajstić information content (AvgIpc) is 2.86. The Balaban J connectivity index is 1.50. The molecule has 0 bridgehead atoms. The van der Waals surface area contributed by atoms with Gasteiger partial charge in [0.25, 0.3) is 0 Å². The van der Waals surface area contributed by atoms with Gasteiger partial charge in [-0.1, -0.05) is 42.2 Å². The first kappa shape index (κ1) is 26.7. The molecule has 3 aromatic rings. The van der Waals surface area contributed by atoms with Crippen LogP contribution in [0.1, 0.15) is 61.1 Å². The minimum atomic E-state index is -4.74. The van der Waals surface area contributed by atoms with Crippen LogP contribution in [-0.4, -0.2) is 12.8 Å². The summed E-state index contributed by atoms with van der Waals surface area (Å²) in [5.41, 5.74) is 1.07. The summed E-state index contributed by atoms with van der Waals surface area (Å²) in [6.07, 6.45) is 4.01. The molecule has 1 aliphatic rings. The van der Waals surface area contributed by atoms with Crippen molar-refractivity contribution in [1.82, 2.24) is 0 Å². The van der Waals surface area contributed by atoms with Crippen molar-refractivity contribution in [2.24, 2.45) is 5.92 Å². The highest BCUT2D eigenvalue weighted by Gasteiger charge is 2.30. The number of alkyl halides is 3. The largest absolute Gasteiger partial charge is 0.478 e. The minimum Gasteiger partial charge on any atom is -0.478 e. The third-order valence-electron chi connectivity index (χ3n) is 6.80. The molecular formula is C30H26F6O. The molecule has 0 radical (unpaired) electrons. The Morgan fingerprint density at radius 1 is 0.919 bits per heavy atom. The SMILES string of the molecule is C=CCCC1CCC(c2ccc3c(F)c(C#Cc4cc(F)c(OCC(F)(F)F)c(F)c4)ccc3c2)CC1. The van der Waals surface area contributed by atoms with Crippen LogP contribution in [0.4, 0.5) is 26.3 Å². The van der Waals surface area contributed by atoms with Gasteiger partial charge in [-0.05, 0) is 79.5 Å². The van der Waals surface area contributed by atoms with Crippen LogP contribution in [0.3, 0.4) is 0 Å². The Hall–Kier alpha value is -3.40. The number of benzene rings is 3. The Morgan fingerprint density at radius 3 is 2.27 bits per heavy atom. The van der Waals surface area contributed by atoms with Crippen LogP contribution in [0.5, 0.6) is 5.75 Å². The number of hydrogen-bond acceptors (Lipinski definition) is 1. The Kier molecular flexibility index (Phi) is 8.16. The van der Waals surface area contributed by atoms with E-state index in [2.05, 4.69) is 23.2 Å². The molecule has 3 aromatic carbocycles. The fraction of sp³-hybridized carbons (Fsp3) is 0.333. The van der Waals surface area contributed by atoms with Crippen molar-refractivity contribution in [1.29, 1.82) is 0 Å². The van der Waals surface area contributed by atoms with Gasteiger partial charge in [-0.2, -0.15) is 13.2 Å². The normalized spacial score (nSPS) is 17.8. The Morgan fingerprint density at radius 2 is 1.62 bits per heavy atom. The smallest absolute Gasteiger partial charge is 0.422 e. The number of hydrogen-bond donors (Lipinski definition) is 0. The molecule has 7 heteroatoms. The highest BCUT2D eigenvalue weighted by atomic mass is 19.4. The van der Waals surface area contributed by atoms with Gasteiger partial charge in [0.15, 0.2) is 24.0 Å². The van der Waals surface area contributed by atoms with E-state index in [0.717, 1.165) is 42.7 Å². The van der Waals surface area contributed by atoms with Crippen molar-refractivity contribution in [3.8, 4) is 17.6 Å². The lowest BCUT2D eigenvalue weighted by atomic mass is 9.77. The van der Waals surface area contributed by atoms with Crippen molar-refractivity contribution in [2.45, 2.75) is 50.6 Å². The zero-order chi connectivity index (χ0) is 26.6. The maximum Gasteiger partial charge on any atom is 0.422 e. The van der Waals surface area contributed by atoms with Crippen LogP contribution in [0, 0.1) is 35.2 Å².